The molecule has 0 aromatic heterocycles. The van der Waals surface area contributed by atoms with E-state index in [2.05, 4.69) is 0 Å². The smallest absolute Gasteiger partial charge is 0.111 e. The molecule has 0 bridgehead atoms. The number of hydrogen-bond donors (Lipinski definition) is 9. The van der Waals surface area contributed by atoms with Gasteiger partial charge < -0.3 is 74.4 Å². The molecule has 0 saturated carbocycles. The molecule has 1 radical (unpaired) electrons. The first-order chi connectivity index (χ1) is 19.6. The van der Waals surface area contributed by atoms with E-state index in [0.29, 0.717) is 6.42 Å². The van der Waals surface area contributed by atoms with Crippen LogP contribution in [-0.4, -0.2) is 179 Å². The largest absolute Gasteiger partial charge is 0.394 e. The Bertz CT molecular complexity index is 750. The Morgan fingerprint density at radius 2 is 0.905 bits per heavy atom. The van der Waals surface area contributed by atoms with E-state index in [9.17, 15) is 46.0 Å². The Labute approximate surface area is 281 Å². The van der Waals surface area contributed by atoms with Gasteiger partial charge in [-0.25, -0.2) is 0 Å². The average Bonchev–Trinajstić information content (AvgIpc) is 2.97. The van der Waals surface area contributed by atoms with Crippen molar-refractivity contribution >= 4 is 0 Å². The maximum atomic E-state index is 11.2. The quantitative estimate of drug-likeness (QED) is 0.0802. The molecule has 245 valence electrons. The normalized spacial score (nSPS) is 44.5. The monoisotopic (exact) mass is 827 g/mol. The third kappa shape index (κ3) is 9.22. The Kier molecular flexibility index (Phi) is 17.5. The molecule has 15 unspecified atom stereocenters. The van der Waals surface area contributed by atoms with E-state index in [4.69, 9.17) is 28.4 Å². The molecule has 0 aliphatic carbocycles. The Morgan fingerprint density at radius 1 is 0.476 bits per heavy atom. The van der Waals surface area contributed by atoms with E-state index in [0.717, 1.165) is 0 Å². The fourth-order valence-electron chi connectivity index (χ4n) is 6.06. The first-order valence-electron chi connectivity index (χ1n) is 14.1. The van der Waals surface area contributed by atoms with E-state index in [1.807, 2.05) is 6.92 Å². The number of ether oxygens (including phenoxy) is 6. The van der Waals surface area contributed by atoms with Crippen LogP contribution in [-0.2, 0) is 28.4 Å². The minimum absolute atomic E-state index is 0. The summed E-state index contributed by atoms with van der Waals surface area (Å²) in [4.78, 5) is 0. The van der Waals surface area contributed by atoms with Crippen molar-refractivity contribution in [3.05, 3.63) is 0 Å². The van der Waals surface area contributed by atoms with Crippen molar-refractivity contribution in [2.45, 2.75) is 86.6 Å². The molecular formula is C26H48AcO15. The van der Waals surface area contributed by atoms with Gasteiger partial charge in [-0.15, -0.1) is 0 Å². The van der Waals surface area contributed by atoms with Gasteiger partial charge in [-0.1, -0.05) is 13.3 Å². The van der Waals surface area contributed by atoms with E-state index in [-0.39, 0.29) is 89.6 Å². The van der Waals surface area contributed by atoms with Crippen molar-refractivity contribution in [1.29, 1.82) is 0 Å². The predicted octanol–water partition coefficient (Wildman–Crippen LogP) is -4.63. The predicted molar refractivity (Wildman–Crippen MR) is 138 cm³/mol. The van der Waals surface area contributed by atoms with Crippen LogP contribution in [0.2, 0.25) is 0 Å². The summed E-state index contributed by atoms with van der Waals surface area (Å²) < 4.78 is 33.6. The van der Waals surface area contributed by atoms with Crippen LogP contribution in [0.25, 0.3) is 0 Å². The van der Waals surface area contributed by atoms with Crippen molar-refractivity contribution in [3.8, 4) is 0 Å². The van der Waals surface area contributed by atoms with Gasteiger partial charge in [0, 0.05) is 63.0 Å². The van der Waals surface area contributed by atoms with Gasteiger partial charge in [0.25, 0.3) is 0 Å². The van der Waals surface area contributed by atoms with Crippen molar-refractivity contribution in [2.75, 3.05) is 60.0 Å². The molecule has 3 aliphatic heterocycles. The number of aliphatic hydroxyl groups excluding tert-OH is 9. The Morgan fingerprint density at radius 3 is 1.43 bits per heavy atom. The zero-order valence-corrected chi connectivity index (χ0v) is 28.8. The summed E-state index contributed by atoms with van der Waals surface area (Å²) in [5, 5.41) is 91.6. The fraction of sp³-hybridized carbons (Fsp3) is 1.00. The van der Waals surface area contributed by atoms with Crippen molar-refractivity contribution in [1.82, 2.24) is 0 Å². The molecule has 3 saturated heterocycles. The number of methoxy groups -OCH3 is 1. The van der Waals surface area contributed by atoms with Crippen LogP contribution >= 0.6 is 0 Å². The molecule has 42 heavy (non-hydrogen) atoms. The summed E-state index contributed by atoms with van der Waals surface area (Å²) in [5.74, 6) is -1.57. The summed E-state index contributed by atoms with van der Waals surface area (Å²) in [7, 11) is 1.43. The summed E-state index contributed by atoms with van der Waals surface area (Å²) in [6.07, 6.45) is -12.7. The number of hydrogen-bond acceptors (Lipinski definition) is 15. The van der Waals surface area contributed by atoms with Gasteiger partial charge in [-0.3, -0.25) is 0 Å². The van der Waals surface area contributed by atoms with Crippen LogP contribution in [0.15, 0.2) is 0 Å². The second-order valence-corrected chi connectivity index (χ2v) is 11.1. The molecule has 0 spiro atoms. The van der Waals surface area contributed by atoms with E-state index < -0.39 is 98.3 Å². The van der Waals surface area contributed by atoms with Crippen LogP contribution in [0.3, 0.4) is 0 Å². The minimum Gasteiger partial charge on any atom is -0.394 e. The van der Waals surface area contributed by atoms with E-state index >= 15 is 0 Å². The van der Waals surface area contributed by atoms with Gasteiger partial charge in [-0.05, 0) is 5.92 Å². The third-order valence-corrected chi connectivity index (χ3v) is 8.53. The van der Waals surface area contributed by atoms with Crippen molar-refractivity contribution < 1.29 is 118 Å². The van der Waals surface area contributed by atoms with Crippen molar-refractivity contribution in [2.24, 2.45) is 17.8 Å². The molecule has 3 aliphatic rings. The molecular weight excluding hydrogens is 779 g/mol. The Hall–Kier alpha value is 0.842. The maximum absolute atomic E-state index is 11.2. The molecule has 9 N–H and O–H groups in total. The first kappa shape index (κ1) is 39.0. The fourth-order valence-corrected chi connectivity index (χ4v) is 6.06. The van der Waals surface area contributed by atoms with E-state index in [1.54, 1.807) is 0 Å². The van der Waals surface area contributed by atoms with Gasteiger partial charge in [0.1, 0.15) is 48.8 Å². The van der Waals surface area contributed by atoms with Gasteiger partial charge >= 0.3 is 0 Å². The summed E-state index contributed by atoms with van der Waals surface area (Å²) in [6.45, 7) is 0.164. The average molecular weight is 828 g/mol. The summed E-state index contributed by atoms with van der Waals surface area (Å²) in [6, 6.07) is 0. The van der Waals surface area contributed by atoms with Crippen molar-refractivity contribution in [3.63, 3.8) is 0 Å². The molecule has 15 atom stereocenters. The molecule has 0 aromatic rings. The van der Waals surface area contributed by atoms with Crippen LogP contribution < -0.4 is 0 Å². The third-order valence-electron chi connectivity index (χ3n) is 8.53. The summed E-state index contributed by atoms with van der Waals surface area (Å²) in [5.41, 5.74) is 0. The zero-order chi connectivity index (χ0) is 30.3. The second kappa shape index (κ2) is 18.9. The van der Waals surface area contributed by atoms with Gasteiger partial charge in [0.05, 0.1) is 77.3 Å². The second-order valence-electron chi connectivity index (χ2n) is 11.1. The van der Waals surface area contributed by atoms with Crippen LogP contribution in [0.4, 0.5) is 0 Å². The molecule has 0 amide bonds. The molecule has 3 heterocycles. The molecule has 3 rings (SSSR count). The van der Waals surface area contributed by atoms with Gasteiger partial charge in [-0.2, -0.15) is 0 Å². The molecule has 16 heteroatoms. The SMILES string of the molecule is CCC1C(CO)OC(COCC2C(CO)OC(COC)C(O)C2O)C(O)C1COCC1OC(CO)C(O)C(O)C1O.[Ac]. The summed E-state index contributed by atoms with van der Waals surface area (Å²) >= 11 is 0. The molecule has 0 aromatic carbocycles. The van der Waals surface area contributed by atoms with Crippen LogP contribution in [0.1, 0.15) is 13.3 Å². The van der Waals surface area contributed by atoms with Gasteiger partial charge in [0.2, 0.25) is 0 Å². The van der Waals surface area contributed by atoms with Crippen LogP contribution in [0.5, 0.6) is 0 Å². The maximum Gasteiger partial charge on any atom is 0.111 e. The standard InChI is InChI=1S/C26H48O15.Ac/c1-3-12-13(7-37-11-20-25(34)26(35)23(32)17(6-29)41-20)21(30)19(39-15(12)4-27)10-38-8-14-16(5-28)40-18(9-36-2)24(33)22(14)31;/h12-35H,3-11H2,1-2H3;. The first-order valence-corrected chi connectivity index (χ1v) is 14.1. The Balaban J connectivity index is 0.00000616. The van der Waals surface area contributed by atoms with Crippen LogP contribution in [0, 0.1) is 61.8 Å². The van der Waals surface area contributed by atoms with Gasteiger partial charge in [0.15, 0.2) is 0 Å². The topological polar surface area (TPSA) is 237 Å². The molecule has 15 nitrogen and oxygen atoms in total. The number of rotatable bonds is 14. The number of aliphatic hydroxyl groups is 9. The van der Waals surface area contributed by atoms with E-state index in [1.165, 1.54) is 7.11 Å². The zero-order valence-electron chi connectivity index (χ0n) is 24.1. The molecule has 3 fully saturated rings. The minimum atomic E-state index is -1.53.